The Balaban J connectivity index is 1.21. The Morgan fingerprint density at radius 2 is 1.71 bits per heavy atom. The number of para-hydroxylation sites is 1. The number of hydrogen-bond donors (Lipinski definition) is 1. The molecule has 5 aromatic rings. The number of hydrazone groups is 1. The van der Waals surface area contributed by atoms with Crippen molar-refractivity contribution in [1.29, 1.82) is 0 Å². The van der Waals surface area contributed by atoms with Crippen molar-refractivity contribution in [1.82, 2.24) is 20.2 Å². The van der Waals surface area contributed by atoms with E-state index < -0.39 is 0 Å². The number of carbonyl (C=O) groups is 1. The van der Waals surface area contributed by atoms with Crippen LogP contribution in [0.5, 0.6) is 0 Å². The molecule has 5 rings (SSSR count). The van der Waals surface area contributed by atoms with E-state index in [1.165, 1.54) is 28.7 Å². The summed E-state index contributed by atoms with van der Waals surface area (Å²) in [4.78, 5) is 12.3. The van der Waals surface area contributed by atoms with Crippen LogP contribution in [-0.2, 0) is 11.3 Å². The van der Waals surface area contributed by atoms with Crippen LogP contribution in [0.1, 0.15) is 11.1 Å². The Labute approximate surface area is 205 Å². The second kappa shape index (κ2) is 10.5. The van der Waals surface area contributed by atoms with Crippen LogP contribution in [0.25, 0.3) is 21.5 Å². The highest BCUT2D eigenvalue weighted by Gasteiger charge is 2.10. The summed E-state index contributed by atoms with van der Waals surface area (Å²) in [7, 11) is 0. The zero-order valence-electron chi connectivity index (χ0n) is 18.2. The molecule has 0 aliphatic rings. The normalized spacial score (nSPS) is 11.3. The summed E-state index contributed by atoms with van der Waals surface area (Å²) < 4.78 is 2.95. The van der Waals surface area contributed by atoms with E-state index in [2.05, 4.69) is 55.8 Å². The van der Waals surface area contributed by atoms with Gasteiger partial charge in [0.25, 0.3) is 5.91 Å². The molecule has 1 N–H and O–H groups in total. The summed E-state index contributed by atoms with van der Waals surface area (Å²) >= 11 is 2.83. The molecule has 0 aliphatic carbocycles. The Morgan fingerprint density at radius 3 is 2.53 bits per heavy atom. The second-order valence-electron chi connectivity index (χ2n) is 7.54. The summed E-state index contributed by atoms with van der Waals surface area (Å²) in [6.45, 7) is 0.769. The lowest BCUT2D eigenvalue weighted by atomic mass is 10.2. The molecule has 0 saturated heterocycles. The first-order valence-electron chi connectivity index (χ1n) is 10.7. The topological polar surface area (TPSA) is 72.2 Å². The van der Waals surface area contributed by atoms with Crippen molar-refractivity contribution in [2.24, 2.45) is 5.10 Å². The molecule has 1 amide bonds. The first-order valence-corrected chi connectivity index (χ1v) is 12.5. The molecule has 2 heterocycles. The lowest BCUT2D eigenvalue weighted by molar-refractivity contribution is -0.118. The SMILES string of the molecule is O=C(CSc1nnc(-c2ccccc2)s1)NN=Cc1cn(Cc2ccccc2)c2ccccc12. The summed E-state index contributed by atoms with van der Waals surface area (Å²) in [5.74, 6) is 0.0296. The zero-order chi connectivity index (χ0) is 23.2. The Bertz CT molecular complexity index is 1430. The molecule has 8 heteroatoms. The van der Waals surface area contributed by atoms with Crippen molar-refractivity contribution < 1.29 is 4.79 Å². The van der Waals surface area contributed by atoms with Crippen molar-refractivity contribution in [2.75, 3.05) is 5.75 Å². The van der Waals surface area contributed by atoms with Gasteiger partial charge in [0, 0.05) is 34.8 Å². The summed E-state index contributed by atoms with van der Waals surface area (Å²) in [6, 6.07) is 28.4. The van der Waals surface area contributed by atoms with Crippen molar-refractivity contribution in [3.05, 3.63) is 102 Å². The van der Waals surface area contributed by atoms with Crippen LogP contribution in [0.4, 0.5) is 0 Å². The standard InChI is InChI=1S/C26H21N5OS2/c32-24(18-33-26-30-29-25(34-26)20-11-5-2-6-12-20)28-27-15-21-17-31(16-19-9-3-1-4-10-19)23-14-8-7-13-22(21)23/h1-15,17H,16,18H2,(H,28,32). The van der Waals surface area contributed by atoms with E-state index in [0.717, 1.165) is 37.9 Å². The molecule has 0 unspecified atom stereocenters. The Hall–Kier alpha value is -3.75. The minimum absolute atomic E-state index is 0.189. The van der Waals surface area contributed by atoms with Crippen molar-refractivity contribution in [3.8, 4) is 10.6 Å². The lowest BCUT2D eigenvalue weighted by Gasteiger charge is -2.05. The first-order chi connectivity index (χ1) is 16.8. The maximum absolute atomic E-state index is 12.3. The molecule has 0 spiro atoms. The lowest BCUT2D eigenvalue weighted by Crippen LogP contribution is -2.19. The van der Waals surface area contributed by atoms with E-state index in [1.807, 2.05) is 60.7 Å². The molecule has 0 aliphatic heterocycles. The molecule has 0 radical (unpaired) electrons. The monoisotopic (exact) mass is 483 g/mol. The van der Waals surface area contributed by atoms with Crippen LogP contribution in [0.3, 0.4) is 0 Å². The molecule has 0 bridgehead atoms. The maximum Gasteiger partial charge on any atom is 0.250 e. The minimum atomic E-state index is -0.189. The fraction of sp³-hybridized carbons (Fsp3) is 0.0769. The van der Waals surface area contributed by atoms with Gasteiger partial charge < -0.3 is 4.57 Å². The quantitative estimate of drug-likeness (QED) is 0.181. The molecule has 6 nitrogen and oxygen atoms in total. The summed E-state index contributed by atoms with van der Waals surface area (Å²) in [5, 5.41) is 14.5. The highest BCUT2D eigenvalue weighted by molar-refractivity contribution is 8.01. The van der Waals surface area contributed by atoms with Gasteiger partial charge in [-0.3, -0.25) is 4.79 Å². The number of carbonyl (C=O) groups excluding carboxylic acids is 1. The third-order valence-corrected chi connectivity index (χ3v) is 7.27. The van der Waals surface area contributed by atoms with Crippen LogP contribution in [-0.4, -0.2) is 32.6 Å². The average Bonchev–Trinajstić information content (AvgIpc) is 3.50. The number of amides is 1. The fourth-order valence-electron chi connectivity index (χ4n) is 3.59. The summed E-state index contributed by atoms with van der Waals surface area (Å²) in [6.07, 6.45) is 3.76. The van der Waals surface area contributed by atoms with Crippen LogP contribution in [0.15, 0.2) is 101 Å². The third-order valence-electron chi connectivity index (χ3n) is 5.16. The van der Waals surface area contributed by atoms with Crippen LogP contribution in [0, 0.1) is 0 Å². The highest BCUT2D eigenvalue weighted by Crippen LogP contribution is 2.29. The Kier molecular flexibility index (Phi) is 6.78. The van der Waals surface area contributed by atoms with Crippen LogP contribution >= 0.6 is 23.1 Å². The highest BCUT2D eigenvalue weighted by atomic mass is 32.2. The van der Waals surface area contributed by atoms with Crippen LogP contribution < -0.4 is 5.43 Å². The van der Waals surface area contributed by atoms with Gasteiger partial charge in [0.05, 0.1) is 12.0 Å². The predicted octanol–water partition coefficient (Wildman–Crippen LogP) is 5.45. The number of nitrogens with one attached hydrogen (secondary N) is 1. The Morgan fingerprint density at radius 1 is 0.971 bits per heavy atom. The first kappa shape index (κ1) is 22.1. The molecule has 0 saturated carbocycles. The van der Waals surface area contributed by atoms with Gasteiger partial charge in [-0.05, 0) is 11.6 Å². The molecule has 168 valence electrons. The van der Waals surface area contributed by atoms with E-state index in [1.54, 1.807) is 6.21 Å². The third kappa shape index (κ3) is 5.24. The number of thioether (sulfide) groups is 1. The van der Waals surface area contributed by atoms with Crippen molar-refractivity contribution >= 4 is 46.1 Å². The fourth-order valence-corrected chi connectivity index (χ4v) is 5.24. The van der Waals surface area contributed by atoms with E-state index in [4.69, 9.17) is 0 Å². The largest absolute Gasteiger partial charge is 0.342 e. The van der Waals surface area contributed by atoms with Gasteiger partial charge in [-0.2, -0.15) is 5.10 Å². The predicted molar refractivity (Wildman–Crippen MR) is 139 cm³/mol. The maximum atomic E-state index is 12.3. The number of nitrogens with zero attached hydrogens (tertiary/aromatic N) is 4. The van der Waals surface area contributed by atoms with Gasteiger partial charge in [0.2, 0.25) is 0 Å². The molecule has 2 aromatic heterocycles. The van der Waals surface area contributed by atoms with E-state index in [0.29, 0.717) is 0 Å². The molecule has 0 atom stereocenters. The number of benzene rings is 3. The molecule has 0 fully saturated rings. The van der Waals surface area contributed by atoms with Gasteiger partial charge >= 0.3 is 0 Å². The van der Waals surface area contributed by atoms with Gasteiger partial charge in [-0.25, -0.2) is 5.43 Å². The van der Waals surface area contributed by atoms with E-state index in [-0.39, 0.29) is 11.7 Å². The van der Waals surface area contributed by atoms with Gasteiger partial charge in [-0.15, -0.1) is 10.2 Å². The smallest absolute Gasteiger partial charge is 0.250 e. The average molecular weight is 484 g/mol. The second-order valence-corrected chi connectivity index (χ2v) is 9.74. The van der Waals surface area contributed by atoms with Gasteiger partial charge in [0.15, 0.2) is 4.34 Å². The van der Waals surface area contributed by atoms with Gasteiger partial charge in [0.1, 0.15) is 5.01 Å². The van der Waals surface area contributed by atoms with E-state index in [9.17, 15) is 4.79 Å². The number of fused-ring (bicyclic) bond motifs is 1. The van der Waals surface area contributed by atoms with Crippen molar-refractivity contribution in [2.45, 2.75) is 10.9 Å². The number of hydrogen-bond acceptors (Lipinski definition) is 6. The minimum Gasteiger partial charge on any atom is -0.342 e. The number of aromatic nitrogens is 3. The molecule has 34 heavy (non-hydrogen) atoms. The van der Waals surface area contributed by atoms with Crippen molar-refractivity contribution in [3.63, 3.8) is 0 Å². The van der Waals surface area contributed by atoms with Crippen LogP contribution in [0.2, 0.25) is 0 Å². The molecular formula is C26H21N5OS2. The van der Waals surface area contributed by atoms with Gasteiger partial charge in [-0.1, -0.05) is 102 Å². The zero-order valence-corrected chi connectivity index (χ0v) is 19.8. The summed E-state index contributed by atoms with van der Waals surface area (Å²) in [5.41, 5.74) is 6.95. The molecule has 3 aromatic carbocycles. The number of rotatable bonds is 8. The molecular weight excluding hydrogens is 462 g/mol. The van der Waals surface area contributed by atoms with E-state index >= 15 is 0 Å².